The van der Waals surface area contributed by atoms with Crippen molar-refractivity contribution in [2.75, 3.05) is 0 Å². The molecule has 1 atom stereocenters. The first kappa shape index (κ1) is 26.3. The van der Waals surface area contributed by atoms with Gasteiger partial charge in [0.15, 0.2) is 0 Å². The molecule has 194 valence electrons. The van der Waals surface area contributed by atoms with Crippen molar-refractivity contribution >= 4 is 21.8 Å². The summed E-state index contributed by atoms with van der Waals surface area (Å²) in [5.41, 5.74) is 6.92. The van der Waals surface area contributed by atoms with E-state index in [2.05, 4.69) is 83.4 Å². The van der Waals surface area contributed by atoms with Crippen LogP contribution in [0.1, 0.15) is 63.1 Å². The lowest BCUT2D eigenvalue weighted by molar-refractivity contribution is 0.419. The summed E-state index contributed by atoms with van der Waals surface area (Å²) in [5, 5.41) is 2.39. The van der Waals surface area contributed by atoms with Crippen molar-refractivity contribution in [2.45, 2.75) is 53.0 Å². The molecule has 0 bridgehead atoms. The first-order chi connectivity index (χ1) is 19.0. The first-order valence-corrected chi connectivity index (χ1v) is 13.9. The fourth-order valence-electron chi connectivity index (χ4n) is 5.19. The molecular formula is C36H35N3. The molecule has 0 spiro atoms. The highest BCUT2D eigenvalue weighted by Gasteiger charge is 2.13. The van der Waals surface area contributed by atoms with E-state index in [-0.39, 0.29) is 0 Å². The third kappa shape index (κ3) is 6.22. The molecule has 3 nitrogen and oxygen atoms in total. The van der Waals surface area contributed by atoms with Crippen LogP contribution in [0, 0.1) is 36.0 Å². The highest BCUT2D eigenvalue weighted by atomic mass is 15.0. The van der Waals surface area contributed by atoms with Crippen LogP contribution in [-0.2, 0) is 6.54 Å². The Hall–Kier alpha value is -4.34. The third-order valence-corrected chi connectivity index (χ3v) is 7.39. The predicted molar refractivity (Wildman–Crippen MR) is 163 cm³/mol. The van der Waals surface area contributed by atoms with Crippen LogP contribution in [0.15, 0.2) is 79.1 Å². The van der Waals surface area contributed by atoms with Crippen LogP contribution in [-0.4, -0.2) is 14.5 Å². The molecule has 3 heteroatoms. The number of hydrogen-bond acceptors (Lipinski definition) is 2. The van der Waals surface area contributed by atoms with Crippen LogP contribution >= 0.6 is 0 Å². The number of aromatic nitrogens is 3. The summed E-state index contributed by atoms with van der Waals surface area (Å²) in [6.07, 6.45) is 14.4. The summed E-state index contributed by atoms with van der Waals surface area (Å²) >= 11 is 0. The van der Waals surface area contributed by atoms with Crippen molar-refractivity contribution in [1.29, 1.82) is 0 Å². The van der Waals surface area contributed by atoms with Gasteiger partial charge in [0.1, 0.15) is 0 Å². The van der Waals surface area contributed by atoms with Crippen LogP contribution in [0.25, 0.3) is 33.2 Å². The van der Waals surface area contributed by atoms with Crippen molar-refractivity contribution in [3.63, 3.8) is 0 Å². The molecule has 3 aromatic heterocycles. The lowest BCUT2D eigenvalue weighted by atomic mass is 9.97. The van der Waals surface area contributed by atoms with Gasteiger partial charge in [-0.25, -0.2) is 0 Å². The highest BCUT2D eigenvalue weighted by Crippen LogP contribution is 2.31. The van der Waals surface area contributed by atoms with E-state index >= 15 is 0 Å². The largest absolute Gasteiger partial charge is 0.340 e. The number of benzene rings is 2. The van der Waals surface area contributed by atoms with Gasteiger partial charge in [0.2, 0.25) is 0 Å². The van der Waals surface area contributed by atoms with Crippen molar-refractivity contribution in [3.05, 3.63) is 95.8 Å². The summed E-state index contributed by atoms with van der Waals surface area (Å²) in [6.45, 7) is 8.00. The average Bonchev–Trinajstić information content (AvgIpc) is 3.27. The Bertz CT molecular complexity index is 1690. The van der Waals surface area contributed by atoms with Crippen molar-refractivity contribution < 1.29 is 0 Å². The fraction of sp³-hybridized carbons (Fsp3) is 0.278. The summed E-state index contributed by atoms with van der Waals surface area (Å²) in [7, 11) is 0. The molecule has 0 aliphatic carbocycles. The SMILES string of the molecule is C#Cc1ccc2c(c1)c1cc(C#Cc3ccnc(-c4ccccn4)c3)ccc1n2CC[C@H](C)CCCC(C)C. The molecule has 0 unspecified atom stereocenters. The molecule has 0 saturated heterocycles. The molecule has 39 heavy (non-hydrogen) atoms. The van der Waals surface area contributed by atoms with Gasteiger partial charge >= 0.3 is 0 Å². The van der Waals surface area contributed by atoms with Crippen LogP contribution in [0.3, 0.4) is 0 Å². The van der Waals surface area contributed by atoms with E-state index in [1.54, 1.807) is 12.4 Å². The zero-order chi connectivity index (χ0) is 27.2. The van der Waals surface area contributed by atoms with Gasteiger partial charge in [-0.3, -0.25) is 9.97 Å². The van der Waals surface area contributed by atoms with Crippen LogP contribution in [0.2, 0.25) is 0 Å². The van der Waals surface area contributed by atoms with Crippen molar-refractivity contribution in [2.24, 2.45) is 11.8 Å². The maximum absolute atomic E-state index is 5.77. The van der Waals surface area contributed by atoms with Crippen LogP contribution in [0.5, 0.6) is 0 Å². The Balaban J connectivity index is 1.45. The van der Waals surface area contributed by atoms with Gasteiger partial charge < -0.3 is 4.57 Å². The second kappa shape index (κ2) is 12.0. The summed E-state index contributed by atoms with van der Waals surface area (Å²) in [6, 6.07) is 22.7. The number of fused-ring (bicyclic) bond motifs is 3. The molecule has 2 aromatic carbocycles. The summed E-state index contributed by atoms with van der Waals surface area (Å²) in [5.74, 6) is 11.0. The highest BCUT2D eigenvalue weighted by molar-refractivity contribution is 6.09. The molecular weight excluding hydrogens is 474 g/mol. The second-order valence-corrected chi connectivity index (χ2v) is 10.9. The maximum Gasteiger partial charge on any atom is 0.0898 e. The van der Waals surface area contributed by atoms with Crippen molar-refractivity contribution in [3.8, 4) is 35.6 Å². The first-order valence-electron chi connectivity index (χ1n) is 13.9. The number of nitrogens with zero attached hydrogens (tertiary/aromatic N) is 3. The average molecular weight is 510 g/mol. The molecule has 0 N–H and O–H groups in total. The van der Waals surface area contributed by atoms with Crippen molar-refractivity contribution in [1.82, 2.24) is 14.5 Å². The minimum atomic E-state index is 0.697. The number of hydrogen-bond donors (Lipinski definition) is 0. The minimum absolute atomic E-state index is 0.697. The molecule has 0 aliphatic rings. The van der Waals surface area contributed by atoms with Gasteiger partial charge in [-0.05, 0) is 78.9 Å². The van der Waals surface area contributed by atoms with E-state index in [0.717, 1.165) is 47.0 Å². The van der Waals surface area contributed by atoms with E-state index in [1.165, 1.54) is 41.1 Å². The molecule has 0 radical (unpaired) electrons. The van der Waals surface area contributed by atoms with Gasteiger partial charge in [-0.2, -0.15) is 0 Å². The van der Waals surface area contributed by atoms with Gasteiger partial charge in [0.25, 0.3) is 0 Å². The summed E-state index contributed by atoms with van der Waals surface area (Å²) in [4.78, 5) is 8.87. The molecule has 0 saturated carbocycles. The van der Waals surface area contributed by atoms with E-state index < -0.39 is 0 Å². The van der Waals surface area contributed by atoms with Gasteiger partial charge in [0.05, 0.1) is 11.4 Å². The van der Waals surface area contributed by atoms with Gasteiger partial charge in [-0.15, -0.1) is 6.42 Å². The number of aryl methyl sites for hydroxylation is 1. The smallest absolute Gasteiger partial charge is 0.0898 e. The maximum atomic E-state index is 5.77. The van der Waals surface area contributed by atoms with E-state index in [4.69, 9.17) is 6.42 Å². The zero-order valence-electron chi connectivity index (χ0n) is 23.1. The third-order valence-electron chi connectivity index (χ3n) is 7.39. The second-order valence-electron chi connectivity index (χ2n) is 10.9. The molecule has 0 fully saturated rings. The number of terminal acetylenes is 1. The van der Waals surface area contributed by atoms with E-state index in [9.17, 15) is 0 Å². The normalized spacial score (nSPS) is 11.9. The quantitative estimate of drug-likeness (QED) is 0.196. The molecule has 5 aromatic rings. The Morgan fingerprint density at radius 1 is 0.718 bits per heavy atom. The van der Waals surface area contributed by atoms with E-state index in [0.29, 0.717) is 5.92 Å². The Morgan fingerprint density at radius 2 is 1.41 bits per heavy atom. The number of pyridine rings is 2. The fourth-order valence-corrected chi connectivity index (χ4v) is 5.19. The number of rotatable bonds is 8. The molecule has 5 rings (SSSR count). The standard InChI is InChI=1S/C36H35N3/c1-5-28-14-16-35-31(23-28)32-24-29(12-13-30-18-21-38-34(25-30)33-11-6-7-20-37-33)15-17-36(32)39(35)22-19-27(4)10-8-9-26(2)3/h1,6-7,11,14-18,20-21,23-27H,8-10,19,22H2,2-4H3/t27-/m1/s1. The van der Waals surface area contributed by atoms with Gasteiger partial charge in [0, 0.05) is 57.4 Å². The van der Waals surface area contributed by atoms with Gasteiger partial charge in [-0.1, -0.05) is 63.9 Å². The molecule has 0 amide bonds. The molecule has 0 aliphatic heterocycles. The minimum Gasteiger partial charge on any atom is -0.340 e. The Kier molecular flexibility index (Phi) is 8.10. The zero-order valence-corrected chi connectivity index (χ0v) is 23.1. The Labute approximate surface area is 232 Å². The monoisotopic (exact) mass is 509 g/mol. The van der Waals surface area contributed by atoms with E-state index in [1.807, 2.05) is 36.4 Å². The Morgan fingerprint density at radius 3 is 2.10 bits per heavy atom. The predicted octanol–water partition coefficient (Wildman–Crippen LogP) is 8.49. The topological polar surface area (TPSA) is 30.7 Å². The molecule has 3 heterocycles. The lowest BCUT2D eigenvalue weighted by Gasteiger charge is -2.14. The van der Waals surface area contributed by atoms with Crippen LogP contribution in [0.4, 0.5) is 0 Å². The van der Waals surface area contributed by atoms with Crippen LogP contribution < -0.4 is 0 Å². The summed E-state index contributed by atoms with van der Waals surface area (Å²) < 4.78 is 2.46. The lowest BCUT2D eigenvalue weighted by Crippen LogP contribution is -2.04.